The van der Waals surface area contributed by atoms with Gasteiger partial charge in [-0.05, 0) is 0 Å². The molecule has 3 atom stereocenters. The van der Waals surface area contributed by atoms with E-state index in [1.165, 1.54) is 0 Å². The summed E-state index contributed by atoms with van der Waals surface area (Å²) in [6.45, 7) is -0.912. The summed E-state index contributed by atoms with van der Waals surface area (Å²) in [5.74, 6) is -3.91. The lowest BCUT2D eigenvalue weighted by Gasteiger charge is -2.14. The van der Waals surface area contributed by atoms with Gasteiger partial charge >= 0.3 is 21.6 Å². The first kappa shape index (κ1) is 17.1. The van der Waals surface area contributed by atoms with Crippen LogP contribution < -0.4 is 0 Å². The number of phosphoric acid groups is 2. The molecule has 0 bridgehead atoms. The molecule has 0 aromatic rings. The number of rotatable bonds is 6. The summed E-state index contributed by atoms with van der Waals surface area (Å²) in [7, 11) is -10.8. The van der Waals surface area contributed by atoms with Crippen LogP contribution in [0.25, 0.3) is 0 Å². The van der Waals surface area contributed by atoms with Crippen LogP contribution in [0.5, 0.6) is 0 Å². The molecule has 1 heterocycles. The van der Waals surface area contributed by atoms with Crippen LogP contribution in [0.4, 0.5) is 0 Å². The molecule has 116 valence electrons. The van der Waals surface area contributed by atoms with E-state index in [2.05, 4.69) is 13.6 Å². The summed E-state index contributed by atoms with van der Waals surface area (Å²) >= 11 is 0. The van der Waals surface area contributed by atoms with Gasteiger partial charge in [-0.1, -0.05) is 0 Å². The van der Waals surface area contributed by atoms with Gasteiger partial charge in [0, 0.05) is 0 Å². The zero-order valence-electron chi connectivity index (χ0n) is 9.39. The van der Waals surface area contributed by atoms with Gasteiger partial charge in [0.15, 0.2) is 11.9 Å². The molecule has 0 aromatic heterocycles. The minimum atomic E-state index is -5.43. The highest BCUT2D eigenvalue weighted by molar-refractivity contribution is 7.60. The van der Waals surface area contributed by atoms with E-state index in [-0.39, 0.29) is 0 Å². The Balaban J connectivity index is 2.96. The molecular formula is C6H10O12P2. The third-order valence-corrected chi connectivity index (χ3v) is 3.96. The smallest absolute Gasteiger partial charge is 0.505 e. The molecule has 1 unspecified atom stereocenters. The van der Waals surface area contributed by atoms with Crippen molar-refractivity contribution in [3.63, 3.8) is 0 Å². The maximum absolute atomic E-state index is 11.2. The first-order valence-electron chi connectivity index (χ1n) is 4.69. The van der Waals surface area contributed by atoms with Crippen molar-refractivity contribution >= 4 is 21.6 Å². The van der Waals surface area contributed by atoms with Crippen molar-refractivity contribution in [3.05, 3.63) is 11.5 Å². The van der Waals surface area contributed by atoms with Crippen molar-refractivity contribution in [2.24, 2.45) is 0 Å². The number of ether oxygens (including phenoxy) is 1. The molecule has 0 saturated carbocycles. The molecule has 1 aliphatic heterocycles. The van der Waals surface area contributed by atoms with Crippen LogP contribution in [0.1, 0.15) is 0 Å². The monoisotopic (exact) mass is 336 g/mol. The van der Waals surface area contributed by atoms with Crippen LogP contribution in [-0.4, -0.2) is 54.8 Å². The third kappa shape index (κ3) is 4.27. The van der Waals surface area contributed by atoms with Crippen molar-refractivity contribution < 1.29 is 57.5 Å². The number of hydrogen-bond acceptors (Lipinski definition) is 9. The number of esters is 1. The first-order chi connectivity index (χ1) is 8.97. The van der Waals surface area contributed by atoms with E-state index >= 15 is 0 Å². The highest BCUT2D eigenvalue weighted by Crippen LogP contribution is 2.59. The largest absolute Gasteiger partial charge is 0.536 e. The number of carbonyl (C=O) groups excluding carboxylic acids is 1. The number of phosphoric ester groups is 1. The zero-order chi connectivity index (χ0) is 15.7. The molecule has 0 fully saturated rings. The molecule has 1 aliphatic rings. The van der Waals surface area contributed by atoms with Gasteiger partial charge in [-0.2, -0.15) is 4.31 Å². The molecule has 0 spiro atoms. The second-order valence-electron chi connectivity index (χ2n) is 3.42. The predicted octanol–water partition coefficient (Wildman–Crippen LogP) is -1.74. The number of hydrogen-bond donors (Lipinski definition) is 6. The van der Waals surface area contributed by atoms with Crippen molar-refractivity contribution in [2.75, 3.05) is 6.61 Å². The summed E-state index contributed by atoms with van der Waals surface area (Å²) in [5.41, 5.74) is 0. The lowest BCUT2D eigenvalue weighted by molar-refractivity contribution is -0.147. The van der Waals surface area contributed by atoms with Gasteiger partial charge in [-0.25, -0.2) is 13.9 Å². The topological polar surface area (TPSA) is 200 Å². The Hall–Kier alpha value is -0.970. The van der Waals surface area contributed by atoms with E-state index in [1.807, 2.05) is 0 Å². The molecule has 0 radical (unpaired) electrons. The zero-order valence-corrected chi connectivity index (χ0v) is 11.2. The normalized spacial score (nSPS) is 24.2. The molecule has 0 amide bonds. The first-order valence-corrected chi connectivity index (χ1v) is 7.71. The van der Waals surface area contributed by atoms with Crippen LogP contribution >= 0.6 is 15.6 Å². The highest BCUT2D eigenvalue weighted by Gasteiger charge is 2.45. The van der Waals surface area contributed by atoms with Crippen LogP contribution in [0.2, 0.25) is 0 Å². The fourth-order valence-corrected chi connectivity index (χ4v) is 2.77. The molecule has 20 heavy (non-hydrogen) atoms. The van der Waals surface area contributed by atoms with Gasteiger partial charge in [0.05, 0.1) is 6.61 Å². The second-order valence-corrected chi connectivity index (χ2v) is 6.18. The molecule has 0 aromatic carbocycles. The molecule has 0 saturated heterocycles. The molecule has 14 heteroatoms. The minimum absolute atomic E-state index is 0.912. The van der Waals surface area contributed by atoms with E-state index in [9.17, 15) is 24.1 Å². The quantitative estimate of drug-likeness (QED) is 0.236. The number of aliphatic hydroxyl groups excluding tert-OH is 3. The molecular weight excluding hydrogens is 326 g/mol. The third-order valence-electron chi connectivity index (χ3n) is 1.87. The lowest BCUT2D eigenvalue weighted by Crippen LogP contribution is -2.31. The van der Waals surface area contributed by atoms with Gasteiger partial charge in [0.25, 0.3) is 5.76 Å². The Morgan fingerprint density at radius 3 is 2.30 bits per heavy atom. The minimum Gasteiger partial charge on any atom is -0.505 e. The van der Waals surface area contributed by atoms with Gasteiger partial charge < -0.3 is 34.4 Å². The molecule has 12 nitrogen and oxygen atoms in total. The summed E-state index contributed by atoms with van der Waals surface area (Å²) in [6, 6.07) is 0. The van der Waals surface area contributed by atoms with E-state index in [0.29, 0.717) is 0 Å². The number of cyclic esters (lactones) is 1. The number of aliphatic hydroxyl groups is 3. The van der Waals surface area contributed by atoms with Crippen molar-refractivity contribution in [3.8, 4) is 0 Å². The van der Waals surface area contributed by atoms with Crippen molar-refractivity contribution in [1.29, 1.82) is 0 Å². The summed E-state index contributed by atoms with van der Waals surface area (Å²) in [5, 5.41) is 27.2. The highest BCUT2D eigenvalue weighted by atomic mass is 31.3. The van der Waals surface area contributed by atoms with Gasteiger partial charge in [-0.3, -0.25) is 4.89 Å². The fraction of sp³-hybridized carbons (Fsp3) is 0.500. The second kappa shape index (κ2) is 5.80. The fourth-order valence-electron chi connectivity index (χ4n) is 1.17. The molecule has 6 N–H and O–H groups in total. The average molecular weight is 336 g/mol. The van der Waals surface area contributed by atoms with Crippen LogP contribution in [0, 0.1) is 0 Å². The Kier molecular flexibility index (Phi) is 4.95. The number of carbonyl (C=O) groups is 1. The Morgan fingerprint density at radius 2 is 1.85 bits per heavy atom. The van der Waals surface area contributed by atoms with Crippen molar-refractivity contribution in [2.45, 2.75) is 12.2 Å². The summed E-state index contributed by atoms with van der Waals surface area (Å²) in [6.07, 6.45) is -3.49. The molecule has 1 rings (SSSR count). The van der Waals surface area contributed by atoms with Crippen LogP contribution in [-0.2, 0) is 27.5 Å². The Bertz CT molecular complexity index is 518. The SMILES string of the molecule is O=C1O[C@H]([C@H](O)CO)C(O)=C1OP(=O)(O)OP(=O)(O)O. The van der Waals surface area contributed by atoms with E-state index in [0.717, 1.165) is 0 Å². The van der Waals surface area contributed by atoms with E-state index < -0.39 is 51.9 Å². The maximum atomic E-state index is 11.2. The van der Waals surface area contributed by atoms with E-state index in [1.54, 1.807) is 0 Å². The predicted molar refractivity (Wildman–Crippen MR) is 56.7 cm³/mol. The lowest BCUT2D eigenvalue weighted by atomic mass is 10.2. The van der Waals surface area contributed by atoms with Gasteiger partial charge in [0.2, 0.25) is 0 Å². The average Bonchev–Trinajstić information content (AvgIpc) is 2.52. The van der Waals surface area contributed by atoms with Crippen LogP contribution in [0.15, 0.2) is 11.5 Å². The van der Waals surface area contributed by atoms with Crippen LogP contribution in [0.3, 0.4) is 0 Å². The molecule has 0 aliphatic carbocycles. The standard InChI is InChI=1S/C6H10O12P2/c7-1-2(8)4-3(9)5(6(10)16-4)17-20(14,15)18-19(11,12)13/h2,4,7-9H,1H2,(H,14,15)(H2,11,12,13)/t2-,4-/m1/s1. The summed E-state index contributed by atoms with van der Waals surface area (Å²) in [4.78, 5) is 36.9. The Morgan fingerprint density at radius 1 is 1.30 bits per heavy atom. The maximum Gasteiger partial charge on any atom is 0.536 e. The van der Waals surface area contributed by atoms with Gasteiger partial charge in [-0.15, -0.1) is 0 Å². The van der Waals surface area contributed by atoms with Gasteiger partial charge in [0.1, 0.15) is 6.10 Å². The summed E-state index contributed by atoms with van der Waals surface area (Å²) < 4.78 is 33.3. The Labute approximate surface area is 110 Å². The van der Waals surface area contributed by atoms with E-state index in [4.69, 9.17) is 19.8 Å². The van der Waals surface area contributed by atoms with Crippen molar-refractivity contribution in [1.82, 2.24) is 0 Å².